The molecule has 3 rings (SSSR count). The van der Waals surface area contributed by atoms with Gasteiger partial charge in [-0.15, -0.1) is 0 Å². The van der Waals surface area contributed by atoms with Crippen molar-refractivity contribution in [3.63, 3.8) is 0 Å². The Kier molecular flexibility index (Phi) is 3.19. The van der Waals surface area contributed by atoms with E-state index in [9.17, 15) is 0 Å². The summed E-state index contributed by atoms with van der Waals surface area (Å²) in [5.41, 5.74) is 1.31. The van der Waals surface area contributed by atoms with Crippen molar-refractivity contribution in [1.82, 2.24) is 15.1 Å². The monoisotopic (exact) mass is 233 g/mol. The molecule has 17 heavy (non-hydrogen) atoms. The molecule has 3 heteroatoms. The molecule has 0 aliphatic heterocycles. The van der Waals surface area contributed by atoms with Crippen LogP contribution in [0, 0.1) is 17.8 Å². The van der Waals surface area contributed by atoms with Crippen molar-refractivity contribution < 1.29 is 0 Å². The highest BCUT2D eigenvalue weighted by molar-refractivity contribution is 5.03. The van der Waals surface area contributed by atoms with Crippen LogP contribution in [0.4, 0.5) is 0 Å². The van der Waals surface area contributed by atoms with Gasteiger partial charge in [-0.05, 0) is 43.6 Å². The Labute approximate surface area is 104 Å². The molecule has 3 atom stereocenters. The summed E-state index contributed by atoms with van der Waals surface area (Å²) in [6, 6.07) is 0. The predicted molar refractivity (Wildman–Crippen MR) is 68.5 cm³/mol. The van der Waals surface area contributed by atoms with E-state index >= 15 is 0 Å². The maximum atomic E-state index is 4.49. The number of hydrogen-bond donors (Lipinski definition) is 1. The molecular formula is C14H23N3. The highest BCUT2D eigenvalue weighted by atomic mass is 15.3. The van der Waals surface area contributed by atoms with E-state index in [1.165, 1.54) is 31.2 Å². The normalized spacial score (nSPS) is 31.2. The van der Waals surface area contributed by atoms with Crippen LogP contribution in [0.15, 0.2) is 12.4 Å². The van der Waals surface area contributed by atoms with Crippen LogP contribution in [0.1, 0.15) is 38.2 Å². The van der Waals surface area contributed by atoms with Gasteiger partial charge in [-0.1, -0.05) is 13.3 Å². The molecule has 2 fully saturated rings. The van der Waals surface area contributed by atoms with Gasteiger partial charge < -0.3 is 5.32 Å². The molecule has 1 aromatic rings. The second-order valence-corrected chi connectivity index (χ2v) is 5.79. The van der Waals surface area contributed by atoms with Gasteiger partial charge in [0.05, 0.1) is 6.20 Å². The number of rotatable bonds is 5. The summed E-state index contributed by atoms with van der Waals surface area (Å²) >= 11 is 0. The number of aromatic nitrogens is 2. The lowest BCUT2D eigenvalue weighted by atomic mass is 9.89. The molecule has 0 saturated heterocycles. The van der Waals surface area contributed by atoms with Gasteiger partial charge in [0, 0.05) is 24.8 Å². The summed E-state index contributed by atoms with van der Waals surface area (Å²) in [5.74, 6) is 2.95. The molecule has 3 nitrogen and oxygen atoms in total. The molecule has 0 spiro atoms. The first-order chi connectivity index (χ1) is 8.35. The summed E-state index contributed by atoms with van der Waals surface area (Å²) in [7, 11) is 0. The van der Waals surface area contributed by atoms with E-state index < -0.39 is 0 Å². The predicted octanol–water partition coefficient (Wildman–Crippen LogP) is 2.43. The van der Waals surface area contributed by atoms with E-state index in [2.05, 4.69) is 28.2 Å². The van der Waals surface area contributed by atoms with Gasteiger partial charge >= 0.3 is 0 Å². The van der Waals surface area contributed by atoms with Gasteiger partial charge in [-0.2, -0.15) is 5.10 Å². The van der Waals surface area contributed by atoms with Crippen LogP contribution in [0.2, 0.25) is 0 Å². The van der Waals surface area contributed by atoms with Gasteiger partial charge in [-0.3, -0.25) is 4.68 Å². The fraction of sp³-hybridized carbons (Fsp3) is 0.786. The SMILES string of the molecule is CCNCc1cnn(CC2CC3CCC2C3)c1. The Morgan fingerprint density at radius 1 is 1.41 bits per heavy atom. The minimum Gasteiger partial charge on any atom is -0.313 e. The number of nitrogens with zero attached hydrogens (tertiary/aromatic N) is 2. The topological polar surface area (TPSA) is 29.9 Å². The first-order valence-corrected chi connectivity index (χ1v) is 7.07. The van der Waals surface area contributed by atoms with Crippen LogP contribution < -0.4 is 5.32 Å². The maximum absolute atomic E-state index is 4.49. The van der Waals surface area contributed by atoms with E-state index in [1.807, 2.05) is 6.20 Å². The van der Waals surface area contributed by atoms with Crippen LogP contribution in [-0.4, -0.2) is 16.3 Å². The van der Waals surface area contributed by atoms with Crippen molar-refractivity contribution in [2.24, 2.45) is 17.8 Å². The fourth-order valence-electron chi connectivity index (χ4n) is 3.71. The lowest BCUT2D eigenvalue weighted by molar-refractivity contribution is 0.285. The largest absolute Gasteiger partial charge is 0.313 e. The fourth-order valence-corrected chi connectivity index (χ4v) is 3.71. The molecule has 0 aromatic carbocycles. The van der Waals surface area contributed by atoms with E-state index in [0.29, 0.717) is 0 Å². The third kappa shape index (κ3) is 2.39. The van der Waals surface area contributed by atoms with Crippen molar-refractivity contribution in [3.8, 4) is 0 Å². The van der Waals surface area contributed by atoms with E-state index in [0.717, 1.165) is 37.4 Å². The molecule has 1 aromatic heterocycles. The summed E-state index contributed by atoms with van der Waals surface area (Å²) in [6.45, 7) is 5.26. The number of hydrogen-bond acceptors (Lipinski definition) is 2. The molecule has 2 aliphatic rings. The first kappa shape index (κ1) is 11.3. The zero-order valence-corrected chi connectivity index (χ0v) is 10.7. The van der Waals surface area contributed by atoms with Crippen LogP contribution in [0.3, 0.4) is 0 Å². The second-order valence-electron chi connectivity index (χ2n) is 5.79. The summed E-state index contributed by atoms with van der Waals surface area (Å²) in [6.07, 6.45) is 10.1. The van der Waals surface area contributed by atoms with E-state index in [4.69, 9.17) is 0 Å². The van der Waals surface area contributed by atoms with Gasteiger partial charge in [0.2, 0.25) is 0 Å². The highest BCUT2D eigenvalue weighted by Crippen LogP contribution is 2.48. The summed E-state index contributed by atoms with van der Waals surface area (Å²) in [5, 5.41) is 7.84. The maximum Gasteiger partial charge on any atom is 0.0534 e. The van der Waals surface area contributed by atoms with Gasteiger partial charge in [-0.25, -0.2) is 0 Å². The van der Waals surface area contributed by atoms with E-state index in [1.54, 1.807) is 0 Å². The Balaban J connectivity index is 1.56. The molecule has 2 bridgehead atoms. The minimum atomic E-state index is 0.903. The Morgan fingerprint density at radius 2 is 2.35 bits per heavy atom. The lowest BCUT2D eigenvalue weighted by Gasteiger charge is -2.21. The lowest BCUT2D eigenvalue weighted by Crippen LogP contribution is -2.17. The van der Waals surface area contributed by atoms with Gasteiger partial charge in [0.1, 0.15) is 0 Å². The third-order valence-corrected chi connectivity index (χ3v) is 4.57. The number of nitrogens with one attached hydrogen (secondary N) is 1. The third-order valence-electron chi connectivity index (χ3n) is 4.57. The molecule has 1 N–H and O–H groups in total. The molecule has 94 valence electrons. The molecule has 1 heterocycles. The average Bonchev–Trinajstić information content (AvgIpc) is 3.02. The molecule has 0 radical (unpaired) electrons. The minimum absolute atomic E-state index is 0.903. The van der Waals surface area contributed by atoms with Crippen LogP contribution in [-0.2, 0) is 13.1 Å². The van der Waals surface area contributed by atoms with Gasteiger partial charge in [0.25, 0.3) is 0 Å². The smallest absolute Gasteiger partial charge is 0.0534 e. The molecule has 2 aliphatic carbocycles. The molecule has 0 amide bonds. The van der Waals surface area contributed by atoms with Crippen molar-refractivity contribution in [3.05, 3.63) is 18.0 Å². The first-order valence-electron chi connectivity index (χ1n) is 7.07. The van der Waals surface area contributed by atoms with Crippen molar-refractivity contribution in [2.75, 3.05) is 6.54 Å². The average molecular weight is 233 g/mol. The number of fused-ring (bicyclic) bond motifs is 2. The zero-order chi connectivity index (χ0) is 11.7. The standard InChI is InChI=1S/C14H23N3/c1-2-15-7-12-8-16-17(9-12)10-14-6-11-3-4-13(14)5-11/h8-9,11,13-15H,2-7,10H2,1H3. The second kappa shape index (κ2) is 4.81. The summed E-state index contributed by atoms with van der Waals surface area (Å²) in [4.78, 5) is 0. The van der Waals surface area contributed by atoms with Crippen molar-refractivity contribution in [2.45, 2.75) is 45.7 Å². The molecule has 3 unspecified atom stereocenters. The summed E-state index contributed by atoms with van der Waals surface area (Å²) < 4.78 is 2.16. The zero-order valence-electron chi connectivity index (χ0n) is 10.7. The van der Waals surface area contributed by atoms with E-state index in [-0.39, 0.29) is 0 Å². The Morgan fingerprint density at radius 3 is 3.06 bits per heavy atom. The van der Waals surface area contributed by atoms with Crippen LogP contribution in [0.5, 0.6) is 0 Å². The van der Waals surface area contributed by atoms with Crippen LogP contribution in [0.25, 0.3) is 0 Å². The Bertz CT molecular complexity index is 371. The van der Waals surface area contributed by atoms with Gasteiger partial charge in [0.15, 0.2) is 0 Å². The van der Waals surface area contributed by atoms with Crippen molar-refractivity contribution >= 4 is 0 Å². The highest BCUT2D eigenvalue weighted by Gasteiger charge is 2.39. The quantitative estimate of drug-likeness (QED) is 0.846. The van der Waals surface area contributed by atoms with Crippen LogP contribution >= 0.6 is 0 Å². The van der Waals surface area contributed by atoms with Crippen molar-refractivity contribution in [1.29, 1.82) is 0 Å². The Hall–Kier alpha value is -0.830. The molecule has 2 saturated carbocycles. The molecular weight excluding hydrogens is 210 g/mol.